The quantitative estimate of drug-likeness (QED) is 0.810. The van der Waals surface area contributed by atoms with Crippen LogP contribution >= 0.6 is 12.4 Å². The van der Waals surface area contributed by atoms with Crippen molar-refractivity contribution in [3.05, 3.63) is 35.9 Å². The largest absolute Gasteiger partial charge is 0.459 e. The molecule has 0 heterocycles. The zero-order valence-corrected chi connectivity index (χ0v) is 14.3. The topological polar surface area (TPSA) is 81.4 Å². The van der Waals surface area contributed by atoms with Crippen LogP contribution in [0, 0.1) is 5.41 Å². The number of hydrogen-bond donors (Lipinski definition) is 2. The number of nitrogens with one attached hydrogen (secondary N) is 1. The van der Waals surface area contributed by atoms with Crippen LogP contribution in [-0.4, -0.2) is 24.0 Å². The molecule has 2 atom stereocenters. The molecule has 0 aliphatic rings. The van der Waals surface area contributed by atoms with E-state index < -0.39 is 18.1 Å². The Morgan fingerprint density at radius 3 is 2.27 bits per heavy atom. The van der Waals surface area contributed by atoms with Crippen molar-refractivity contribution in [3.8, 4) is 0 Å². The van der Waals surface area contributed by atoms with Crippen molar-refractivity contribution < 1.29 is 14.3 Å². The first-order valence-corrected chi connectivity index (χ1v) is 6.98. The Hall–Kier alpha value is -1.59. The molecule has 5 nitrogen and oxygen atoms in total. The summed E-state index contributed by atoms with van der Waals surface area (Å²) in [5.41, 5.74) is 6.38. The molecule has 0 bridgehead atoms. The summed E-state index contributed by atoms with van der Waals surface area (Å²) >= 11 is 0. The molecule has 3 N–H and O–H groups in total. The van der Waals surface area contributed by atoms with Gasteiger partial charge < -0.3 is 15.8 Å². The van der Waals surface area contributed by atoms with Crippen molar-refractivity contribution >= 4 is 24.3 Å². The molecule has 22 heavy (non-hydrogen) atoms. The highest BCUT2D eigenvalue weighted by molar-refractivity contribution is 5.87. The van der Waals surface area contributed by atoms with Crippen LogP contribution in [0.15, 0.2) is 30.3 Å². The molecule has 0 fully saturated rings. The zero-order chi connectivity index (χ0) is 16.0. The number of ether oxygens (including phenoxy) is 1. The third kappa shape index (κ3) is 6.45. The van der Waals surface area contributed by atoms with Crippen molar-refractivity contribution in [3.63, 3.8) is 0 Å². The molecule has 6 heteroatoms. The standard InChI is InChI=1S/C16H24N2O3.ClH/c1-11(18-14(19)13(17)16(2,3)4)15(20)21-10-12-8-6-5-7-9-12;/h5-9,11,13H,10,17H2,1-4H3,(H,18,19);1H/t11-,13+;/m0./s1. The molecule has 0 saturated carbocycles. The Balaban J connectivity index is 0.00000441. The molecule has 0 saturated heterocycles. The predicted octanol–water partition coefficient (Wildman–Crippen LogP) is 2.03. The number of amides is 1. The fraction of sp³-hybridized carbons (Fsp3) is 0.500. The van der Waals surface area contributed by atoms with Gasteiger partial charge in [0, 0.05) is 0 Å². The monoisotopic (exact) mass is 328 g/mol. The molecule has 0 aliphatic carbocycles. The summed E-state index contributed by atoms with van der Waals surface area (Å²) in [6.07, 6.45) is 0. The van der Waals surface area contributed by atoms with E-state index in [1.54, 1.807) is 6.92 Å². The van der Waals surface area contributed by atoms with E-state index in [4.69, 9.17) is 10.5 Å². The van der Waals surface area contributed by atoms with Crippen molar-refractivity contribution in [2.24, 2.45) is 11.1 Å². The SMILES string of the molecule is C[C@H](NC(=O)[C@@H](N)C(C)(C)C)C(=O)OCc1ccccc1.Cl. The van der Waals surface area contributed by atoms with E-state index in [-0.39, 0.29) is 30.3 Å². The normalized spacial score (nSPS) is 13.5. The second kappa shape index (κ2) is 8.76. The minimum absolute atomic E-state index is 0. The fourth-order valence-electron chi connectivity index (χ4n) is 1.61. The van der Waals surface area contributed by atoms with Gasteiger partial charge in [-0.05, 0) is 17.9 Å². The van der Waals surface area contributed by atoms with Crippen LogP contribution in [-0.2, 0) is 20.9 Å². The van der Waals surface area contributed by atoms with E-state index in [1.807, 2.05) is 51.1 Å². The van der Waals surface area contributed by atoms with E-state index in [0.717, 1.165) is 5.56 Å². The molecule has 0 spiro atoms. The van der Waals surface area contributed by atoms with Crippen LogP contribution in [0.3, 0.4) is 0 Å². The molecular formula is C16H25ClN2O3. The van der Waals surface area contributed by atoms with Gasteiger partial charge in [-0.3, -0.25) is 4.79 Å². The highest BCUT2D eigenvalue weighted by Crippen LogP contribution is 2.17. The minimum atomic E-state index is -0.727. The Kier molecular flexibility index (Phi) is 8.12. The molecule has 1 aromatic carbocycles. The Bertz CT molecular complexity index is 486. The van der Waals surface area contributed by atoms with Gasteiger partial charge in [-0.15, -0.1) is 12.4 Å². The summed E-state index contributed by atoms with van der Waals surface area (Å²) in [7, 11) is 0. The van der Waals surface area contributed by atoms with Crippen LogP contribution in [0.2, 0.25) is 0 Å². The van der Waals surface area contributed by atoms with E-state index in [2.05, 4.69) is 5.32 Å². The van der Waals surface area contributed by atoms with Crippen molar-refractivity contribution in [2.75, 3.05) is 0 Å². The Morgan fingerprint density at radius 1 is 1.23 bits per heavy atom. The average molecular weight is 329 g/mol. The number of carbonyl (C=O) groups excluding carboxylic acids is 2. The van der Waals surface area contributed by atoms with Crippen LogP contribution in [0.1, 0.15) is 33.3 Å². The lowest BCUT2D eigenvalue weighted by Crippen LogP contribution is -2.52. The highest BCUT2D eigenvalue weighted by Gasteiger charge is 2.29. The maximum Gasteiger partial charge on any atom is 0.328 e. The van der Waals surface area contributed by atoms with Crippen LogP contribution < -0.4 is 11.1 Å². The number of halogens is 1. The predicted molar refractivity (Wildman–Crippen MR) is 88.5 cm³/mol. The molecule has 0 radical (unpaired) electrons. The zero-order valence-electron chi connectivity index (χ0n) is 13.5. The van der Waals surface area contributed by atoms with Gasteiger partial charge in [-0.2, -0.15) is 0 Å². The Morgan fingerprint density at radius 2 is 1.77 bits per heavy atom. The first-order valence-electron chi connectivity index (χ1n) is 6.98. The minimum Gasteiger partial charge on any atom is -0.459 e. The van der Waals surface area contributed by atoms with Crippen molar-refractivity contribution in [1.29, 1.82) is 0 Å². The smallest absolute Gasteiger partial charge is 0.328 e. The van der Waals surface area contributed by atoms with E-state index in [0.29, 0.717) is 0 Å². The molecule has 1 rings (SSSR count). The Labute approximate surface area is 138 Å². The second-order valence-electron chi connectivity index (χ2n) is 6.17. The second-order valence-corrected chi connectivity index (χ2v) is 6.17. The highest BCUT2D eigenvalue weighted by atomic mass is 35.5. The summed E-state index contributed by atoms with van der Waals surface area (Å²) in [5.74, 6) is -0.833. The molecule has 1 amide bonds. The molecule has 124 valence electrons. The number of rotatable bonds is 5. The lowest BCUT2D eigenvalue weighted by atomic mass is 9.87. The summed E-state index contributed by atoms with van der Waals surface area (Å²) in [5, 5.41) is 2.58. The van der Waals surface area contributed by atoms with Gasteiger partial charge in [-0.25, -0.2) is 4.79 Å². The molecule has 0 aromatic heterocycles. The summed E-state index contributed by atoms with van der Waals surface area (Å²) in [6, 6.07) is 7.96. The van der Waals surface area contributed by atoms with Crippen molar-refractivity contribution in [1.82, 2.24) is 5.32 Å². The third-order valence-electron chi connectivity index (χ3n) is 3.15. The van der Waals surface area contributed by atoms with Crippen molar-refractivity contribution in [2.45, 2.75) is 46.4 Å². The van der Waals surface area contributed by atoms with Gasteiger partial charge >= 0.3 is 5.97 Å². The van der Waals surface area contributed by atoms with E-state index in [1.165, 1.54) is 0 Å². The third-order valence-corrected chi connectivity index (χ3v) is 3.15. The fourth-order valence-corrected chi connectivity index (χ4v) is 1.61. The average Bonchev–Trinajstić information content (AvgIpc) is 2.43. The number of nitrogens with two attached hydrogens (primary N) is 1. The van der Waals surface area contributed by atoms with Gasteiger partial charge in [-0.1, -0.05) is 51.1 Å². The maximum absolute atomic E-state index is 11.9. The first kappa shape index (κ1) is 20.4. The number of esters is 1. The molecule has 1 aromatic rings. The van der Waals surface area contributed by atoms with Crippen LogP contribution in [0.5, 0.6) is 0 Å². The molecule has 0 unspecified atom stereocenters. The number of hydrogen-bond acceptors (Lipinski definition) is 4. The number of benzene rings is 1. The van der Waals surface area contributed by atoms with E-state index >= 15 is 0 Å². The van der Waals surface area contributed by atoms with E-state index in [9.17, 15) is 9.59 Å². The lowest BCUT2D eigenvalue weighted by Gasteiger charge is -2.26. The number of carbonyl (C=O) groups is 2. The molecular weight excluding hydrogens is 304 g/mol. The van der Waals surface area contributed by atoms with Gasteiger partial charge in [0.25, 0.3) is 0 Å². The van der Waals surface area contributed by atoms with Gasteiger partial charge in [0.05, 0.1) is 6.04 Å². The van der Waals surface area contributed by atoms with Crippen LogP contribution in [0.4, 0.5) is 0 Å². The summed E-state index contributed by atoms with van der Waals surface area (Å²) in [6.45, 7) is 7.38. The molecule has 0 aliphatic heterocycles. The first-order chi connectivity index (χ1) is 9.71. The van der Waals surface area contributed by atoms with Gasteiger partial charge in [0.2, 0.25) is 5.91 Å². The summed E-state index contributed by atoms with van der Waals surface area (Å²) < 4.78 is 5.16. The lowest BCUT2D eigenvalue weighted by molar-refractivity contribution is -0.149. The maximum atomic E-state index is 11.9. The van der Waals surface area contributed by atoms with Gasteiger partial charge in [0.1, 0.15) is 12.6 Å². The summed E-state index contributed by atoms with van der Waals surface area (Å²) in [4.78, 5) is 23.8. The van der Waals surface area contributed by atoms with Gasteiger partial charge in [0.15, 0.2) is 0 Å². The van der Waals surface area contributed by atoms with Crippen LogP contribution in [0.25, 0.3) is 0 Å².